The molecule has 0 atom stereocenters. The molecule has 0 radical (unpaired) electrons. The number of halogens is 2. The number of aryl methyl sites for hydroxylation is 2. The largest absolute Gasteiger partial charge is 0.586 e. The van der Waals surface area contributed by atoms with Gasteiger partial charge in [-0.1, -0.05) is 54.6 Å². The van der Waals surface area contributed by atoms with Crippen molar-refractivity contribution in [2.45, 2.75) is 69.3 Å². The molecule has 0 bridgehead atoms. The first-order valence-corrected chi connectivity index (χ1v) is 24.9. The van der Waals surface area contributed by atoms with Crippen LogP contribution in [0.3, 0.4) is 0 Å². The average Bonchev–Trinajstić information content (AvgIpc) is 4.17. The molecule has 6 aromatic rings. The molecule has 1 saturated heterocycles. The third-order valence-electron chi connectivity index (χ3n) is 13.6. The number of carbonyl (C=O) groups excluding carboxylic acids is 4. The van der Waals surface area contributed by atoms with Crippen molar-refractivity contribution in [1.82, 2.24) is 30.1 Å². The van der Waals surface area contributed by atoms with E-state index >= 15 is 0 Å². The van der Waals surface area contributed by atoms with Gasteiger partial charge in [-0.15, -0.1) is 8.78 Å². The third-order valence-corrected chi connectivity index (χ3v) is 13.6. The molecule has 9 rings (SSSR count). The van der Waals surface area contributed by atoms with Gasteiger partial charge in [0, 0.05) is 56.0 Å². The molecule has 1 aliphatic carbocycles. The summed E-state index contributed by atoms with van der Waals surface area (Å²) in [4.78, 5) is 76.2. The molecule has 20 heteroatoms. The Morgan fingerprint density at radius 1 is 0.800 bits per heavy atom. The predicted molar refractivity (Wildman–Crippen MR) is 274 cm³/mol. The number of hydrogen-bond donors (Lipinski definition) is 5. The molecule has 2 aliphatic heterocycles. The molecular formula is C55H58F2N8O10. The molecule has 2 fully saturated rings. The van der Waals surface area contributed by atoms with E-state index in [4.69, 9.17) is 14.5 Å². The van der Waals surface area contributed by atoms with Gasteiger partial charge >= 0.3 is 6.29 Å². The lowest BCUT2D eigenvalue weighted by Crippen LogP contribution is -2.49. The molecule has 392 valence electrons. The fourth-order valence-corrected chi connectivity index (χ4v) is 9.22. The molecule has 4 heterocycles. The standard InChI is InChI=1S/C55H58F2N8O10/c1-36-10-16-46(63-52(70)54(18-19-54)40-12-15-44-45(31-40)75-55(56,57)74-44)62-49(36)38-8-5-9-39(30-38)50(68)60-24-27-72-28-29-73-33-47(66)59-23-22-58-41-13-14-42-43(32-41)61-35-65(51(42)69)34-53(71)20-25-64(26-21-53)48(67)17-11-37-6-3-2-4-7-37/h2-10,12-16,30-32,35,58,71H,11,17-29,33-34H2,1H3,(H,59,66)(H,60,68)(H,62,63,70). The normalized spacial score (nSPS) is 15.8. The van der Waals surface area contributed by atoms with Crippen molar-refractivity contribution in [2.75, 3.05) is 69.8 Å². The molecule has 0 spiro atoms. The van der Waals surface area contributed by atoms with Crippen LogP contribution in [0.4, 0.5) is 20.3 Å². The Balaban J connectivity index is 0.636. The van der Waals surface area contributed by atoms with Gasteiger partial charge < -0.3 is 50.2 Å². The van der Waals surface area contributed by atoms with Gasteiger partial charge in [-0.25, -0.2) is 9.97 Å². The molecule has 4 amide bonds. The summed E-state index contributed by atoms with van der Waals surface area (Å²) in [6.07, 6.45) is 0.508. The predicted octanol–water partition coefficient (Wildman–Crippen LogP) is 5.74. The van der Waals surface area contributed by atoms with Gasteiger partial charge in [0.15, 0.2) is 11.5 Å². The summed E-state index contributed by atoms with van der Waals surface area (Å²) in [5.41, 5.74) is 2.95. The lowest BCUT2D eigenvalue weighted by atomic mass is 9.91. The van der Waals surface area contributed by atoms with Crippen LogP contribution in [0.5, 0.6) is 11.5 Å². The summed E-state index contributed by atoms with van der Waals surface area (Å²) in [5.74, 6) is -0.822. The number of anilines is 2. The number of aliphatic hydroxyl groups is 1. The number of fused-ring (bicyclic) bond motifs is 2. The monoisotopic (exact) mass is 1030 g/mol. The SMILES string of the molecule is Cc1ccc(NC(=O)C2(c3ccc4c(c3)OC(F)(F)O4)CC2)nc1-c1cccc(C(=O)NCCOCCOCC(=O)NCCNc2ccc3c(=O)n(CC4(O)CCN(C(=O)CCc5ccccc5)CC4)cnc3c2)c1. The first kappa shape index (κ1) is 52.1. The maximum atomic E-state index is 13.6. The van der Waals surface area contributed by atoms with Crippen LogP contribution >= 0.6 is 0 Å². The summed E-state index contributed by atoms with van der Waals surface area (Å²) < 4.78 is 48.8. The molecule has 75 heavy (non-hydrogen) atoms. The second-order valence-electron chi connectivity index (χ2n) is 19.0. The van der Waals surface area contributed by atoms with Gasteiger partial charge in [-0.3, -0.25) is 28.5 Å². The number of carbonyl (C=O) groups is 4. The van der Waals surface area contributed by atoms with Gasteiger partial charge in [0.1, 0.15) is 12.4 Å². The zero-order valence-corrected chi connectivity index (χ0v) is 41.4. The Morgan fingerprint density at radius 2 is 1.59 bits per heavy atom. The van der Waals surface area contributed by atoms with Crippen molar-refractivity contribution in [1.29, 1.82) is 0 Å². The van der Waals surface area contributed by atoms with Crippen LogP contribution in [0.25, 0.3) is 22.2 Å². The number of rotatable bonds is 22. The second-order valence-corrected chi connectivity index (χ2v) is 19.0. The maximum Gasteiger partial charge on any atom is 0.586 e. The van der Waals surface area contributed by atoms with Crippen LogP contribution in [0, 0.1) is 6.92 Å². The van der Waals surface area contributed by atoms with Gasteiger partial charge in [0.2, 0.25) is 17.7 Å². The van der Waals surface area contributed by atoms with Crippen molar-refractivity contribution in [3.63, 3.8) is 0 Å². The molecule has 18 nitrogen and oxygen atoms in total. The number of likely N-dealkylation sites (tertiary alicyclic amines) is 1. The van der Waals surface area contributed by atoms with Crippen LogP contribution in [-0.2, 0) is 42.2 Å². The van der Waals surface area contributed by atoms with Crippen molar-refractivity contribution in [2.24, 2.45) is 0 Å². The topological polar surface area (TPSA) is 225 Å². The van der Waals surface area contributed by atoms with Crippen LogP contribution in [0.2, 0.25) is 0 Å². The van der Waals surface area contributed by atoms with Crippen LogP contribution in [0.15, 0.2) is 114 Å². The molecule has 4 aromatic carbocycles. The van der Waals surface area contributed by atoms with E-state index in [1.807, 2.05) is 49.4 Å². The number of hydrogen-bond acceptors (Lipinski definition) is 13. The quantitative estimate of drug-likeness (QED) is 0.0513. The number of aromatic nitrogens is 3. The minimum absolute atomic E-state index is 0.0563. The van der Waals surface area contributed by atoms with Gasteiger partial charge in [0.25, 0.3) is 11.5 Å². The van der Waals surface area contributed by atoms with Crippen LogP contribution in [-0.4, -0.2) is 119 Å². The summed E-state index contributed by atoms with van der Waals surface area (Å²) in [6, 6.07) is 29.9. The van der Waals surface area contributed by atoms with Crippen LogP contribution < -0.4 is 36.3 Å². The highest BCUT2D eigenvalue weighted by molar-refractivity contribution is 6.01. The number of alkyl halides is 2. The Morgan fingerprint density at radius 3 is 2.39 bits per heavy atom. The zero-order chi connectivity index (χ0) is 52.6. The maximum absolute atomic E-state index is 13.6. The lowest BCUT2D eigenvalue weighted by Gasteiger charge is -2.38. The lowest BCUT2D eigenvalue weighted by molar-refractivity contribution is -0.286. The van der Waals surface area contributed by atoms with E-state index in [1.54, 1.807) is 53.4 Å². The smallest absolute Gasteiger partial charge is 0.395 e. The minimum atomic E-state index is -3.76. The van der Waals surface area contributed by atoms with E-state index < -0.39 is 17.3 Å². The second kappa shape index (κ2) is 22.8. The molecule has 0 unspecified atom stereocenters. The van der Waals surface area contributed by atoms with Crippen molar-refractivity contribution >= 4 is 46.0 Å². The summed E-state index contributed by atoms with van der Waals surface area (Å²) in [6.45, 7) is 4.12. The minimum Gasteiger partial charge on any atom is -0.395 e. The number of ether oxygens (including phenoxy) is 4. The van der Waals surface area contributed by atoms with Gasteiger partial charge in [-0.2, -0.15) is 0 Å². The Bertz CT molecular complexity index is 3130. The molecule has 2 aromatic heterocycles. The van der Waals surface area contributed by atoms with Crippen molar-refractivity contribution < 1.29 is 52.0 Å². The van der Waals surface area contributed by atoms with E-state index in [0.717, 1.165) is 11.1 Å². The fourth-order valence-electron chi connectivity index (χ4n) is 9.22. The van der Waals surface area contributed by atoms with E-state index in [0.29, 0.717) is 109 Å². The summed E-state index contributed by atoms with van der Waals surface area (Å²) >= 11 is 0. The number of piperidine rings is 1. The van der Waals surface area contributed by atoms with E-state index in [9.17, 15) is 37.9 Å². The highest BCUT2D eigenvalue weighted by atomic mass is 19.3. The van der Waals surface area contributed by atoms with Gasteiger partial charge in [-0.05, 0) is 104 Å². The number of nitrogens with one attached hydrogen (secondary N) is 4. The van der Waals surface area contributed by atoms with E-state index in [1.165, 1.54) is 23.0 Å². The number of benzene rings is 4. The Hall–Kier alpha value is -7.81. The number of amides is 4. The third kappa shape index (κ3) is 12.9. The Labute approximate surface area is 430 Å². The van der Waals surface area contributed by atoms with E-state index in [2.05, 4.69) is 35.7 Å². The number of nitrogens with zero attached hydrogens (tertiary/aromatic N) is 4. The summed E-state index contributed by atoms with van der Waals surface area (Å²) in [7, 11) is 0. The molecule has 1 saturated carbocycles. The first-order chi connectivity index (χ1) is 36.2. The highest BCUT2D eigenvalue weighted by Crippen LogP contribution is 2.52. The van der Waals surface area contributed by atoms with Crippen LogP contribution in [0.1, 0.15) is 59.2 Å². The van der Waals surface area contributed by atoms with E-state index in [-0.39, 0.29) is 80.2 Å². The zero-order valence-electron chi connectivity index (χ0n) is 41.4. The molecule has 5 N–H and O–H groups in total. The fraction of sp³-hybridized carbons (Fsp3) is 0.364. The molecule has 3 aliphatic rings. The average molecular weight is 1030 g/mol. The first-order valence-electron chi connectivity index (χ1n) is 24.9. The van der Waals surface area contributed by atoms with Gasteiger partial charge in [0.05, 0.1) is 60.3 Å². The Kier molecular flexibility index (Phi) is 15.8. The highest BCUT2D eigenvalue weighted by Gasteiger charge is 2.53. The van der Waals surface area contributed by atoms with Crippen molar-refractivity contribution in [3.05, 3.63) is 142 Å². The summed E-state index contributed by atoms with van der Waals surface area (Å²) in [5, 5.41) is 23.5. The number of pyridine rings is 1. The molecular weight excluding hydrogens is 971 g/mol. The van der Waals surface area contributed by atoms with Crippen molar-refractivity contribution in [3.8, 4) is 22.8 Å².